The van der Waals surface area contributed by atoms with Gasteiger partial charge in [0.15, 0.2) is 0 Å². The number of carbonyl (C=O) groups is 1. The van der Waals surface area contributed by atoms with Crippen molar-refractivity contribution in [3.05, 3.63) is 23.2 Å². The third-order valence-corrected chi connectivity index (χ3v) is 2.55. The van der Waals surface area contributed by atoms with Crippen molar-refractivity contribution in [3.8, 4) is 0 Å². The zero-order chi connectivity index (χ0) is 10.7. The highest BCUT2D eigenvalue weighted by Gasteiger charge is 2.19. The number of nitrogens with zero attached hydrogens (tertiary/aromatic N) is 2. The minimum atomic E-state index is -0.240. The van der Waals surface area contributed by atoms with E-state index in [0.717, 1.165) is 19.5 Å². The molecule has 2 rings (SSSR count). The molecule has 0 spiro atoms. The molecule has 1 amide bonds. The summed E-state index contributed by atoms with van der Waals surface area (Å²) in [6.07, 6.45) is 3.67. The summed E-state index contributed by atoms with van der Waals surface area (Å²) in [7, 11) is 0. The van der Waals surface area contributed by atoms with Crippen molar-refractivity contribution < 1.29 is 4.79 Å². The van der Waals surface area contributed by atoms with E-state index in [0.29, 0.717) is 0 Å². The van der Waals surface area contributed by atoms with Crippen LogP contribution in [0.25, 0.3) is 0 Å². The van der Waals surface area contributed by atoms with Gasteiger partial charge in [-0.15, -0.1) is 12.4 Å². The summed E-state index contributed by atoms with van der Waals surface area (Å²) >= 11 is 5.80. The van der Waals surface area contributed by atoms with E-state index in [1.165, 1.54) is 12.5 Å². The predicted octanol–water partition coefficient (Wildman–Crippen LogP) is 0.643. The first-order chi connectivity index (χ1) is 7.27. The highest BCUT2D eigenvalue weighted by atomic mass is 35.5. The Balaban J connectivity index is 0.00000128. The summed E-state index contributed by atoms with van der Waals surface area (Å²) in [6.45, 7) is 1.73. The van der Waals surface area contributed by atoms with Crippen molar-refractivity contribution in [1.82, 2.24) is 20.6 Å². The minimum absolute atomic E-state index is 0. The summed E-state index contributed by atoms with van der Waals surface area (Å²) in [4.78, 5) is 19.3. The van der Waals surface area contributed by atoms with E-state index in [4.69, 9.17) is 11.6 Å². The van der Waals surface area contributed by atoms with Crippen molar-refractivity contribution in [2.45, 2.75) is 12.5 Å². The van der Waals surface area contributed by atoms with Gasteiger partial charge in [-0.2, -0.15) is 0 Å². The molecule has 0 bridgehead atoms. The molecular weight excluding hydrogens is 251 g/mol. The van der Waals surface area contributed by atoms with Crippen LogP contribution in [0.5, 0.6) is 0 Å². The molecule has 1 aliphatic rings. The molecule has 1 fully saturated rings. The van der Waals surface area contributed by atoms with E-state index >= 15 is 0 Å². The van der Waals surface area contributed by atoms with E-state index in [1.807, 2.05) is 0 Å². The van der Waals surface area contributed by atoms with Crippen LogP contribution in [-0.2, 0) is 0 Å². The van der Waals surface area contributed by atoms with E-state index in [2.05, 4.69) is 20.6 Å². The average molecular weight is 263 g/mol. The Labute approximate surface area is 104 Å². The lowest BCUT2D eigenvalue weighted by atomic mass is 10.2. The van der Waals surface area contributed by atoms with Crippen LogP contribution < -0.4 is 10.6 Å². The van der Waals surface area contributed by atoms with Gasteiger partial charge in [-0.05, 0) is 13.0 Å². The lowest BCUT2D eigenvalue weighted by Gasteiger charge is -2.10. The Kier molecular flexibility index (Phi) is 4.92. The molecule has 0 saturated carbocycles. The zero-order valence-corrected chi connectivity index (χ0v) is 10.0. The molecule has 5 nitrogen and oxygen atoms in total. The molecule has 16 heavy (non-hydrogen) atoms. The van der Waals surface area contributed by atoms with E-state index in [9.17, 15) is 4.79 Å². The summed E-state index contributed by atoms with van der Waals surface area (Å²) in [5.41, 5.74) is 0.235. The van der Waals surface area contributed by atoms with Gasteiger partial charge in [-0.1, -0.05) is 11.6 Å². The fourth-order valence-corrected chi connectivity index (χ4v) is 1.70. The molecule has 2 heterocycles. The molecule has 2 N–H and O–H groups in total. The van der Waals surface area contributed by atoms with Crippen LogP contribution in [0.1, 0.15) is 16.9 Å². The maximum Gasteiger partial charge on any atom is 0.271 e. The van der Waals surface area contributed by atoms with Crippen molar-refractivity contribution in [3.63, 3.8) is 0 Å². The Hall–Kier alpha value is -0.910. The number of hydrogen-bond donors (Lipinski definition) is 2. The molecule has 1 aliphatic heterocycles. The molecule has 1 aromatic rings. The summed E-state index contributed by atoms with van der Waals surface area (Å²) in [5.74, 6) is -0.240. The van der Waals surface area contributed by atoms with Gasteiger partial charge < -0.3 is 10.6 Å². The van der Waals surface area contributed by atoms with E-state index in [1.54, 1.807) is 0 Å². The molecule has 88 valence electrons. The monoisotopic (exact) mass is 262 g/mol. The van der Waals surface area contributed by atoms with Gasteiger partial charge in [-0.3, -0.25) is 4.79 Å². The highest BCUT2D eigenvalue weighted by molar-refractivity contribution is 6.33. The van der Waals surface area contributed by atoms with Gasteiger partial charge in [0.25, 0.3) is 5.91 Å². The molecule has 0 aliphatic carbocycles. The first kappa shape index (κ1) is 13.2. The second kappa shape index (κ2) is 5.98. The van der Waals surface area contributed by atoms with Crippen molar-refractivity contribution in [1.29, 1.82) is 0 Å². The van der Waals surface area contributed by atoms with Crippen molar-refractivity contribution >= 4 is 29.9 Å². The third-order valence-electron chi connectivity index (χ3n) is 2.28. The Morgan fingerprint density at radius 3 is 3.06 bits per heavy atom. The van der Waals surface area contributed by atoms with Gasteiger partial charge in [0.1, 0.15) is 12.0 Å². The standard InChI is InChI=1S/C9H11ClN4O.ClH/c10-7-4-12-5-13-8(7)9(15)14-6-1-2-11-3-6;/h4-6,11H,1-3H2,(H,14,15);1H. The topological polar surface area (TPSA) is 66.9 Å². The van der Waals surface area contributed by atoms with Crippen molar-refractivity contribution in [2.24, 2.45) is 0 Å². The van der Waals surface area contributed by atoms with Crippen LogP contribution in [0, 0.1) is 0 Å². The molecular formula is C9H12Cl2N4O. The van der Waals surface area contributed by atoms with Gasteiger partial charge in [0, 0.05) is 18.8 Å². The summed E-state index contributed by atoms with van der Waals surface area (Å²) in [5, 5.41) is 6.30. The normalized spacial score (nSPS) is 18.9. The van der Waals surface area contributed by atoms with E-state index in [-0.39, 0.29) is 35.1 Å². The summed E-state index contributed by atoms with van der Waals surface area (Å²) in [6, 6.07) is 0.170. The Bertz CT molecular complexity index is 368. The number of nitrogens with one attached hydrogen (secondary N) is 2. The number of carbonyl (C=O) groups excluding carboxylic acids is 1. The van der Waals surface area contributed by atoms with Crippen LogP contribution in [0.15, 0.2) is 12.5 Å². The number of rotatable bonds is 2. The summed E-state index contributed by atoms with van der Waals surface area (Å²) < 4.78 is 0. The molecule has 0 aromatic carbocycles. The molecule has 0 radical (unpaired) electrons. The number of aromatic nitrogens is 2. The fraction of sp³-hybridized carbons (Fsp3) is 0.444. The molecule has 1 aromatic heterocycles. The lowest BCUT2D eigenvalue weighted by molar-refractivity contribution is 0.0935. The second-order valence-electron chi connectivity index (χ2n) is 3.38. The minimum Gasteiger partial charge on any atom is -0.347 e. The first-order valence-electron chi connectivity index (χ1n) is 4.74. The predicted molar refractivity (Wildman–Crippen MR) is 63.0 cm³/mol. The van der Waals surface area contributed by atoms with Gasteiger partial charge >= 0.3 is 0 Å². The van der Waals surface area contributed by atoms with E-state index < -0.39 is 0 Å². The average Bonchev–Trinajstić information content (AvgIpc) is 2.71. The van der Waals surface area contributed by atoms with Crippen molar-refractivity contribution in [2.75, 3.05) is 13.1 Å². The Morgan fingerprint density at radius 1 is 1.62 bits per heavy atom. The third kappa shape index (κ3) is 3.04. The smallest absolute Gasteiger partial charge is 0.271 e. The van der Waals surface area contributed by atoms with Crippen LogP contribution in [0.2, 0.25) is 5.02 Å². The van der Waals surface area contributed by atoms with Crippen LogP contribution in [0.4, 0.5) is 0 Å². The zero-order valence-electron chi connectivity index (χ0n) is 8.44. The Morgan fingerprint density at radius 2 is 2.44 bits per heavy atom. The fourth-order valence-electron chi connectivity index (χ4n) is 1.51. The maximum atomic E-state index is 11.7. The van der Waals surface area contributed by atoms with Crippen LogP contribution in [0.3, 0.4) is 0 Å². The van der Waals surface area contributed by atoms with Gasteiger partial charge in [0.05, 0.1) is 5.02 Å². The maximum absolute atomic E-state index is 11.7. The quantitative estimate of drug-likeness (QED) is 0.821. The second-order valence-corrected chi connectivity index (χ2v) is 3.79. The number of hydrogen-bond acceptors (Lipinski definition) is 4. The molecule has 1 saturated heterocycles. The molecule has 7 heteroatoms. The largest absolute Gasteiger partial charge is 0.347 e. The highest BCUT2D eigenvalue weighted by Crippen LogP contribution is 2.10. The van der Waals surface area contributed by atoms with Crippen LogP contribution >= 0.6 is 24.0 Å². The first-order valence-corrected chi connectivity index (χ1v) is 5.12. The molecule has 1 atom stereocenters. The number of halogens is 2. The van der Waals surface area contributed by atoms with Gasteiger partial charge in [0.2, 0.25) is 0 Å². The lowest BCUT2D eigenvalue weighted by Crippen LogP contribution is -2.36. The number of amides is 1. The SMILES string of the molecule is Cl.O=C(NC1CCNC1)c1ncncc1Cl. The van der Waals surface area contributed by atoms with Gasteiger partial charge in [-0.25, -0.2) is 9.97 Å². The van der Waals surface area contributed by atoms with Crippen LogP contribution in [-0.4, -0.2) is 35.0 Å². The molecule has 1 unspecified atom stereocenters.